The lowest BCUT2D eigenvalue weighted by Gasteiger charge is -2.26. The van der Waals surface area contributed by atoms with Crippen molar-refractivity contribution in [2.45, 2.75) is 6.42 Å². The van der Waals surface area contributed by atoms with Crippen molar-refractivity contribution in [1.29, 1.82) is 0 Å². The maximum Gasteiger partial charge on any atom is 0.335 e. The minimum atomic E-state index is -0.861. The Morgan fingerprint density at radius 2 is 1.79 bits per heavy atom. The van der Waals surface area contributed by atoms with Gasteiger partial charge in [0.2, 0.25) is 0 Å². The van der Waals surface area contributed by atoms with Crippen LogP contribution in [0, 0.1) is 3.57 Å². The molecule has 172 valence electrons. The Kier molecular flexibility index (Phi) is 6.90. The lowest BCUT2D eigenvalue weighted by molar-refractivity contribution is -0.122. The molecular weight excluding hydrogens is 571 g/mol. The minimum Gasteiger partial charge on any atom is -0.508 e. The molecule has 9 heteroatoms. The van der Waals surface area contributed by atoms with Crippen LogP contribution in [0.15, 0.2) is 66.2 Å². The smallest absolute Gasteiger partial charge is 0.335 e. The van der Waals surface area contributed by atoms with Gasteiger partial charge in [-0.1, -0.05) is 29.8 Å². The second-order valence-corrected chi connectivity index (χ2v) is 9.00. The number of anilines is 1. The first-order chi connectivity index (χ1) is 16.3. The maximum atomic E-state index is 13.1. The Hall–Kier alpha value is -3.37. The minimum absolute atomic E-state index is 0.0148. The van der Waals surface area contributed by atoms with Crippen molar-refractivity contribution in [1.82, 2.24) is 5.32 Å². The van der Waals surface area contributed by atoms with E-state index in [1.807, 2.05) is 30.3 Å². The van der Waals surface area contributed by atoms with E-state index in [4.69, 9.17) is 16.3 Å². The molecule has 1 heterocycles. The number of hydrogen-bond acceptors (Lipinski definition) is 5. The Labute approximate surface area is 214 Å². The van der Waals surface area contributed by atoms with Gasteiger partial charge in [0, 0.05) is 20.6 Å². The molecule has 0 aromatic heterocycles. The molecule has 0 radical (unpaired) electrons. The van der Waals surface area contributed by atoms with E-state index in [2.05, 4.69) is 27.9 Å². The summed E-state index contributed by atoms with van der Waals surface area (Å²) < 4.78 is 6.45. The molecule has 34 heavy (non-hydrogen) atoms. The Morgan fingerprint density at radius 1 is 1.09 bits per heavy atom. The van der Waals surface area contributed by atoms with Gasteiger partial charge in [0.15, 0.2) is 0 Å². The number of rotatable bonds is 5. The van der Waals surface area contributed by atoms with Gasteiger partial charge in [-0.25, -0.2) is 9.69 Å². The highest BCUT2D eigenvalue weighted by atomic mass is 127. The summed E-state index contributed by atoms with van der Waals surface area (Å²) in [6, 6.07) is 15.7. The largest absolute Gasteiger partial charge is 0.508 e. The van der Waals surface area contributed by atoms with Crippen LogP contribution in [0.25, 0.3) is 6.08 Å². The Morgan fingerprint density at radius 3 is 2.47 bits per heavy atom. The number of carbonyl (C=O) groups excluding carboxylic acids is 3. The van der Waals surface area contributed by atoms with Gasteiger partial charge >= 0.3 is 6.03 Å². The van der Waals surface area contributed by atoms with E-state index in [1.54, 1.807) is 13.2 Å². The molecule has 4 amide bonds. The number of amides is 4. The van der Waals surface area contributed by atoms with Crippen LogP contribution in [-0.2, 0) is 16.0 Å². The van der Waals surface area contributed by atoms with E-state index in [1.165, 1.54) is 30.3 Å². The number of ether oxygens (including phenoxy) is 1. The van der Waals surface area contributed by atoms with Gasteiger partial charge in [-0.2, -0.15) is 0 Å². The van der Waals surface area contributed by atoms with E-state index >= 15 is 0 Å². The average molecular weight is 589 g/mol. The molecule has 4 rings (SSSR count). The lowest BCUT2D eigenvalue weighted by atomic mass is 10.0. The monoisotopic (exact) mass is 588 g/mol. The van der Waals surface area contributed by atoms with Gasteiger partial charge in [-0.15, -0.1) is 0 Å². The first kappa shape index (κ1) is 23.8. The lowest BCUT2D eigenvalue weighted by Crippen LogP contribution is -2.54. The van der Waals surface area contributed by atoms with Gasteiger partial charge < -0.3 is 9.84 Å². The van der Waals surface area contributed by atoms with Gasteiger partial charge in [0.05, 0.1) is 12.8 Å². The number of phenols is 1. The van der Waals surface area contributed by atoms with E-state index in [0.29, 0.717) is 22.8 Å². The number of carbonyl (C=O) groups is 3. The zero-order chi connectivity index (χ0) is 24.4. The molecule has 1 saturated heterocycles. The molecule has 0 bridgehead atoms. The van der Waals surface area contributed by atoms with Crippen molar-refractivity contribution < 1.29 is 24.2 Å². The molecule has 1 aliphatic heterocycles. The molecule has 1 aliphatic rings. The molecule has 0 aliphatic carbocycles. The topological polar surface area (TPSA) is 95.9 Å². The number of urea groups is 1. The normalized spacial score (nSPS) is 15.0. The quantitative estimate of drug-likeness (QED) is 0.251. The van der Waals surface area contributed by atoms with E-state index < -0.39 is 17.8 Å². The molecule has 3 aromatic rings. The van der Waals surface area contributed by atoms with Crippen molar-refractivity contribution >= 4 is 63.8 Å². The van der Waals surface area contributed by atoms with Crippen LogP contribution < -0.4 is 15.0 Å². The Balaban J connectivity index is 1.71. The van der Waals surface area contributed by atoms with Crippen molar-refractivity contribution in [2.75, 3.05) is 12.0 Å². The predicted octanol–water partition coefficient (Wildman–Crippen LogP) is 4.92. The zero-order valence-electron chi connectivity index (χ0n) is 17.8. The van der Waals surface area contributed by atoms with Gasteiger partial charge in [-0.3, -0.25) is 14.9 Å². The summed E-state index contributed by atoms with van der Waals surface area (Å²) in [4.78, 5) is 38.8. The van der Waals surface area contributed by atoms with Gasteiger partial charge in [0.25, 0.3) is 11.8 Å². The summed E-state index contributed by atoms with van der Waals surface area (Å²) in [5.74, 6) is -1.000. The number of phenolic OH excluding ortho intramolecular Hbond substituents is 1. The van der Waals surface area contributed by atoms with Crippen LogP contribution in [0.4, 0.5) is 10.5 Å². The average Bonchev–Trinajstić information content (AvgIpc) is 2.80. The highest BCUT2D eigenvalue weighted by Gasteiger charge is 2.36. The number of aromatic hydroxyl groups is 1. The SMILES string of the molecule is COc1cc(/C=C2\C(=O)NC(=O)N(c3ccc(O)cc3)C2=O)cc(I)c1Cc1ccccc1Cl. The third-order valence-corrected chi connectivity index (χ3v) is 6.57. The first-order valence-corrected chi connectivity index (χ1v) is 11.5. The molecule has 0 atom stereocenters. The van der Waals surface area contributed by atoms with Crippen molar-refractivity contribution in [3.8, 4) is 11.5 Å². The second-order valence-electron chi connectivity index (χ2n) is 7.43. The van der Waals surface area contributed by atoms with E-state index in [0.717, 1.165) is 19.6 Å². The highest BCUT2D eigenvalue weighted by Crippen LogP contribution is 2.32. The molecular formula is C25H18ClIN2O5. The number of nitrogens with zero attached hydrogens (tertiary/aromatic N) is 1. The number of nitrogens with one attached hydrogen (secondary N) is 1. The number of halogens is 2. The summed E-state index contributed by atoms with van der Waals surface area (Å²) in [6.45, 7) is 0. The number of barbiturate groups is 1. The Bertz CT molecular complexity index is 1340. The van der Waals surface area contributed by atoms with Crippen LogP contribution in [0.2, 0.25) is 5.02 Å². The molecule has 0 spiro atoms. The number of imide groups is 2. The fraction of sp³-hybridized carbons (Fsp3) is 0.0800. The fourth-order valence-corrected chi connectivity index (χ4v) is 4.58. The summed E-state index contributed by atoms with van der Waals surface area (Å²) in [6.07, 6.45) is 1.96. The summed E-state index contributed by atoms with van der Waals surface area (Å²) in [7, 11) is 1.54. The second kappa shape index (κ2) is 9.86. The highest BCUT2D eigenvalue weighted by molar-refractivity contribution is 14.1. The van der Waals surface area contributed by atoms with Crippen molar-refractivity contribution in [3.63, 3.8) is 0 Å². The molecule has 0 saturated carbocycles. The standard InChI is InChI=1S/C25H18ClIN2O5/c1-34-22-12-14(11-21(27)18(22)13-15-4-2-3-5-20(15)26)10-19-23(31)28-25(33)29(24(19)32)16-6-8-17(30)9-7-16/h2-12,30H,13H2,1H3,(H,28,31,33)/b19-10+. The summed E-state index contributed by atoms with van der Waals surface area (Å²) in [5.41, 5.74) is 2.43. The fourth-order valence-electron chi connectivity index (χ4n) is 3.56. The molecule has 0 unspecified atom stereocenters. The van der Waals surface area contributed by atoms with E-state index in [9.17, 15) is 19.5 Å². The van der Waals surface area contributed by atoms with Crippen LogP contribution in [0.1, 0.15) is 16.7 Å². The third-order valence-electron chi connectivity index (χ3n) is 5.24. The molecule has 7 nitrogen and oxygen atoms in total. The van der Waals surface area contributed by atoms with Crippen LogP contribution in [-0.4, -0.2) is 30.1 Å². The summed E-state index contributed by atoms with van der Waals surface area (Å²) in [5, 5.41) is 12.3. The van der Waals surface area contributed by atoms with Gasteiger partial charge in [0.1, 0.15) is 17.1 Å². The van der Waals surface area contributed by atoms with Crippen LogP contribution in [0.5, 0.6) is 11.5 Å². The molecule has 2 N–H and O–H groups in total. The number of methoxy groups -OCH3 is 1. The predicted molar refractivity (Wildman–Crippen MR) is 137 cm³/mol. The number of hydrogen-bond donors (Lipinski definition) is 2. The molecule has 3 aromatic carbocycles. The van der Waals surface area contributed by atoms with E-state index in [-0.39, 0.29) is 17.0 Å². The maximum absolute atomic E-state index is 13.1. The summed E-state index contributed by atoms with van der Waals surface area (Å²) >= 11 is 8.49. The molecule has 1 fully saturated rings. The van der Waals surface area contributed by atoms with Crippen molar-refractivity contribution in [2.24, 2.45) is 0 Å². The van der Waals surface area contributed by atoms with Crippen molar-refractivity contribution in [3.05, 3.63) is 91.5 Å². The van der Waals surface area contributed by atoms with Crippen LogP contribution >= 0.6 is 34.2 Å². The van der Waals surface area contributed by atoms with Gasteiger partial charge in [-0.05, 0) is 82.3 Å². The zero-order valence-corrected chi connectivity index (χ0v) is 20.8. The van der Waals surface area contributed by atoms with Crippen LogP contribution in [0.3, 0.4) is 0 Å². The number of benzene rings is 3. The third kappa shape index (κ3) is 4.78. The first-order valence-electron chi connectivity index (χ1n) is 10.1.